The van der Waals surface area contributed by atoms with E-state index >= 15 is 0 Å². The molecule has 0 aliphatic carbocycles. The van der Waals surface area contributed by atoms with Gasteiger partial charge in [-0.1, -0.05) is 17.3 Å². The van der Waals surface area contributed by atoms with Gasteiger partial charge in [-0.3, -0.25) is 0 Å². The lowest BCUT2D eigenvalue weighted by atomic mass is 10.2. The van der Waals surface area contributed by atoms with Crippen molar-refractivity contribution in [3.8, 4) is 0 Å². The molecular weight excluding hydrogens is 306 g/mol. The molecule has 0 spiro atoms. The Labute approximate surface area is 139 Å². The summed E-state index contributed by atoms with van der Waals surface area (Å²) in [5.41, 5.74) is 0.829. The summed E-state index contributed by atoms with van der Waals surface area (Å²) in [6, 6.07) is 9.91. The highest BCUT2D eigenvalue weighted by atomic mass is 16.5. The van der Waals surface area contributed by atoms with E-state index in [1.54, 1.807) is 13.3 Å². The van der Waals surface area contributed by atoms with Crippen LogP contribution in [0.3, 0.4) is 0 Å². The Balaban J connectivity index is 1.48. The topological polar surface area (TPSA) is 67.5 Å². The predicted octanol–water partition coefficient (Wildman–Crippen LogP) is 2.09. The Hall–Kier alpha value is -2.67. The van der Waals surface area contributed by atoms with Gasteiger partial charge in [-0.2, -0.15) is 0 Å². The largest absolute Gasteiger partial charge is 0.377 e. The highest BCUT2D eigenvalue weighted by molar-refractivity contribution is 5.88. The molecular formula is C17H19N5O2. The quantitative estimate of drug-likeness (QED) is 0.727. The Morgan fingerprint density at radius 3 is 2.71 bits per heavy atom. The maximum atomic E-state index is 5.42. The SMILES string of the molecule is COCc1nccc(N2CCN(c3noc4ccccc34)CC2)n1. The van der Waals surface area contributed by atoms with Gasteiger partial charge in [-0.15, -0.1) is 0 Å². The van der Waals surface area contributed by atoms with Crippen LogP contribution in [0, 0.1) is 0 Å². The van der Waals surface area contributed by atoms with Crippen LogP contribution in [0.15, 0.2) is 41.1 Å². The van der Waals surface area contributed by atoms with Gasteiger partial charge in [0.2, 0.25) is 0 Å². The summed E-state index contributed by atoms with van der Waals surface area (Å²) in [6.45, 7) is 3.94. The predicted molar refractivity (Wildman–Crippen MR) is 91.2 cm³/mol. The van der Waals surface area contributed by atoms with Crippen molar-refractivity contribution in [2.24, 2.45) is 0 Å². The molecule has 0 unspecified atom stereocenters. The van der Waals surface area contributed by atoms with Gasteiger partial charge in [0.05, 0.1) is 5.39 Å². The molecule has 1 aromatic carbocycles. The number of aromatic nitrogens is 3. The zero-order valence-corrected chi connectivity index (χ0v) is 13.6. The summed E-state index contributed by atoms with van der Waals surface area (Å²) >= 11 is 0. The highest BCUT2D eigenvalue weighted by Gasteiger charge is 2.22. The first-order chi connectivity index (χ1) is 11.8. The van der Waals surface area contributed by atoms with E-state index in [1.807, 2.05) is 24.3 Å². The summed E-state index contributed by atoms with van der Waals surface area (Å²) in [5, 5.41) is 5.31. The average molecular weight is 325 g/mol. The number of anilines is 2. The first-order valence-electron chi connectivity index (χ1n) is 8.00. The highest BCUT2D eigenvalue weighted by Crippen LogP contribution is 2.27. The number of methoxy groups -OCH3 is 1. The molecule has 1 aliphatic rings. The van der Waals surface area contributed by atoms with E-state index in [0.717, 1.165) is 48.8 Å². The maximum absolute atomic E-state index is 5.42. The zero-order chi connectivity index (χ0) is 16.4. The fraction of sp³-hybridized carbons (Fsp3) is 0.353. The second-order valence-corrected chi connectivity index (χ2v) is 5.74. The summed E-state index contributed by atoms with van der Waals surface area (Å²) < 4.78 is 10.5. The molecule has 3 aromatic rings. The Morgan fingerprint density at radius 1 is 1.08 bits per heavy atom. The number of hydrogen-bond acceptors (Lipinski definition) is 7. The second-order valence-electron chi connectivity index (χ2n) is 5.74. The van der Waals surface area contributed by atoms with E-state index in [0.29, 0.717) is 12.4 Å². The van der Waals surface area contributed by atoms with Crippen molar-refractivity contribution < 1.29 is 9.26 Å². The summed E-state index contributed by atoms with van der Waals surface area (Å²) in [7, 11) is 1.65. The molecule has 2 aromatic heterocycles. The van der Waals surface area contributed by atoms with Crippen LogP contribution in [0.5, 0.6) is 0 Å². The van der Waals surface area contributed by atoms with Gasteiger partial charge >= 0.3 is 0 Å². The van der Waals surface area contributed by atoms with Gasteiger partial charge in [-0.05, 0) is 18.2 Å². The van der Waals surface area contributed by atoms with Gasteiger partial charge < -0.3 is 19.1 Å². The standard InChI is InChI=1S/C17H19N5O2/c1-23-12-15-18-7-6-16(19-15)21-8-10-22(11-9-21)17-13-4-2-3-5-14(13)24-20-17/h2-7H,8-12H2,1H3. The van der Waals surface area contributed by atoms with Gasteiger partial charge in [0.1, 0.15) is 12.4 Å². The first kappa shape index (κ1) is 14.9. The lowest BCUT2D eigenvalue weighted by Crippen LogP contribution is -2.47. The molecule has 0 saturated carbocycles. The molecule has 4 rings (SSSR count). The van der Waals surface area contributed by atoms with Crippen molar-refractivity contribution in [2.45, 2.75) is 6.61 Å². The third kappa shape index (κ3) is 2.78. The minimum absolute atomic E-state index is 0.429. The van der Waals surface area contributed by atoms with Crippen LogP contribution in [0.2, 0.25) is 0 Å². The molecule has 1 fully saturated rings. The van der Waals surface area contributed by atoms with Crippen LogP contribution >= 0.6 is 0 Å². The molecule has 1 saturated heterocycles. The number of nitrogens with zero attached hydrogens (tertiary/aromatic N) is 5. The molecule has 0 N–H and O–H groups in total. The van der Waals surface area contributed by atoms with E-state index in [4.69, 9.17) is 9.26 Å². The number of benzene rings is 1. The van der Waals surface area contributed by atoms with Crippen LogP contribution in [0.25, 0.3) is 11.0 Å². The third-order valence-corrected chi connectivity index (χ3v) is 4.23. The van der Waals surface area contributed by atoms with Crippen LogP contribution in [-0.4, -0.2) is 48.4 Å². The van der Waals surface area contributed by atoms with Gasteiger partial charge in [0.15, 0.2) is 17.2 Å². The second kappa shape index (κ2) is 6.45. The molecule has 0 atom stereocenters. The lowest BCUT2D eigenvalue weighted by molar-refractivity contribution is 0.178. The number of hydrogen-bond donors (Lipinski definition) is 0. The fourth-order valence-corrected chi connectivity index (χ4v) is 3.01. The van der Waals surface area contributed by atoms with Crippen molar-refractivity contribution in [3.63, 3.8) is 0 Å². The summed E-state index contributed by atoms with van der Waals surface area (Å²) in [4.78, 5) is 13.3. The molecule has 3 heterocycles. The molecule has 1 aliphatic heterocycles. The molecule has 7 heteroatoms. The number of rotatable bonds is 4. The molecule has 24 heavy (non-hydrogen) atoms. The summed E-state index contributed by atoms with van der Waals surface area (Å²) in [5.74, 6) is 2.58. The number of para-hydroxylation sites is 1. The van der Waals surface area contributed by atoms with Crippen LogP contribution in [-0.2, 0) is 11.3 Å². The Morgan fingerprint density at radius 2 is 1.88 bits per heavy atom. The Kier molecular flexibility index (Phi) is 4.00. The summed E-state index contributed by atoms with van der Waals surface area (Å²) in [6.07, 6.45) is 1.79. The number of piperazine rings is 1. The Bertz CT molecular complexity index is 826. The van der Waals surface area contributed by atoms with E-state index in [9.17, 15) is 0 Å². The fourth-order valence-electron chi connectivity index (χ4n) is 3.01. The van der Waals surface area contributed by atoms with Crippen LogP contribution in [0.4, 0.5) is 11.6 Å². The number of fused-ring (bicyclic) bond motifs is 1. The molecule has 124 valence electrons. The van der Waals surface area contributed by atoms with Crippen molar-refractivity contribution in [1.29, 1.82) is 0 Å². The first-order valence-corrected chi connectivity index (χ1v) is 8.00. The van der Waals surface area contributed by atoms with E-state index in [2.05, 4.69) is 31.0 Å². The van der Waals surface area contributed by atoms with Crippen LogP contribution < -0.4 is 9.80 Å². The molecule has 7 nitrogen and oxygen atoms in total. The average Bonchev–Trinajstić information content (AvgIpc) is 3.07. The monoisotopic (exact) mass is 325 g/mol. The van der Waals surface area contributed by atoms with Gasteiger partial charge in [0, 0.05) is 39.5 Å². The van der Waals surface area contributed by atoms with Crippen molar-refractivity contribution in [2.75, 3.05) is 43.1 Å². The van der Waals surface area contributed by atoms with Gasteiger partial charge in [-0.25, -0.2) is 9.97 Å². The van der Waals surface area contributed by atoms with Crippen molar-refractivity contribution in [3.05, 3.63) is 42.4 Å². The molecule has 0 radical (unpaired) electrons. The number of ether oxygens (including phenoxy) is 1. The zero-order valence-electron chi connectivity index (χ0n) is 13.6. The van der Waals surface area contributed by atoms with Gasteiger partial charge in [0.25, 0.3) is 0 Å². The minimum atomic E-state index is 0.429. The van der Waals surface area contributed by atoms with E-state index < -0.39 is 0 Å². The molecule has 0 amide bonds. The van der Waals surface area contributed by atoms with E-state index in [-0.39, 0.29) is 0 Å². The van der Waals surface area contributed by atoms with Crippen LogP contribution in [0.1, 0.15) is 5.82 Å². The smallest absolute Gasteiger partial charge is 0.180 e. The third-order valence-electron chi connectivity index (χ3n) is 4.23. The van der Waals surface area contributed by atoms with Crippen molar-refractivity contribution in [1.82, 2.24) is 15.1 Å². The maximum Gasteiger partial charge on any atom is 0.180 e. The minimum Gasteiger partial charge on any atom is -0.377 e. The normalized spacial score (nSPS) is 15.2. The lowest BCUT2D eigenvalue weighted by Gasteiger charge is -2.35. The van der Waals surface area contributed by atoms with Crippen molar-refractivity contribution >= 4 is 22.6 Å². The molecule has 0 bridgehead atoms. The van der Waals surface area contributed by atoms with E-state index in [1.165, 1.54) is 0 Å².